The molecule has 0 amide bonds. The van der Waals surface area contributed by atoms with E-state index in [0.717, 1.165) is 55.9 Å². The van der Waals surface area contributed by atoms with Crippen LogP contribution in [0.4, 0.5) is 0 Å². The predicted octanol–water partition coefficient (Wildman–Crippen LogP) is 2.74. The molecule has 1 fully saturated rings. The summed E-state index contributed by atoms with van der Waals surface area (Å²) in [6.45, 7) is 6.16. The number of rotatable bonds is 10. The summed E-state index contributed by atoms with van der Waals surface area (Å²) < 4.78 is 7.53. The largest absolute Gasteiger partial charge is 0.381 e. The first-order chi connectivity index (χ1) is 12.8. The van der Waals surface area contributed by atoms with Crippen LogP contribution in [0.25, 0.3) is 5.69 Å². The molecule has 0 saturated heterocycles. The molecule has 2 N–H and O–H groups in total. The van der Waals surface area contributed by atoms with Crippen molar-refractivity contribution in [3.8, 4) is 5.69 Å². The van der Waals surface area contributed by atoms with E-state index in [1.54, 1.807) is 6.20 Å². The van der Waals surface area contributed by atoms with Crippen LogP contribution in [0, 0.1) is 5.92 Å². The fraction of sp³-hybridized carbons (Fsp3) is 0.500. The highest BCUT2D eigenvalue weighted by atomic mass is 16.5. The van der Waals surface area contributed by atoms with Crippen LogP contribution in [0.3, 0.4) is 0 Å². The minimum Gasteiger partial charge on any atom is -0.381 e. The lowest BCUT2D eigenvalue weighted by Crippen LogP contribution is -2.38. The Morgan fingerprint density at radius 3 is 3.00 bits per heavy atom. The van der Waals surface area contributed by atoms with Crippen LogP contribution in [-0.2, 0) is 11.3 Å². The normalized spacial score (nSPS) is 14.4. The summed E-state index contributed by atoms with van der Waals surface area (Å²) in [5, 5.41) is 10.9. The number of benzene rings is 1. The van der Waals surface area contributed by atoms with E-state index in [-0.39, 0.29) is 0 Å². The molecule has 0 spiro atoms. The second kappa shape index (κ2) is 9.97. The Morgan fingerprint density at radius 2 is 2.23 bits per heavy atom. The third-order valence-corrected chi connectivity index (χ3v) is 4.25. The molecular weight excluding hydrogens is 326 g/mol. The van der Waals surface area contributed by atoms with Gasteiger partial charge in [-0.05, 0) is 55.9 Å². The van der Waals surface area contributed by atoms with Gasteiger partial charge in [0.05, 0.1) is 12.2 Å². The van der Waals surface area contributed by atoms with Gasteiger partial charge >= 0.3 is 0 Å². The highest BCUT2D eigenvalue weighted by molar-refractivity contribution is 5.79. The topological polar surface area (TPSA) is 63.5 Å². The third kappa shape index (κ3) is 6.19. The van der Waals surface area contributed by atoms with Crippen LogP contribution in [-0.4, -0.2) is 42.0 Å². The summed E-state index contributed by atoms with van der Waals surface area (Å²) in [4.78, 5) is 4.69. The van der Waals surface area contributed by atoms with Crippen LogP contribution in [0.1, 0.15) is 31.7 Å². The van der Waals surface area contributed by atoms with Gasteiger partial charge in [0, 0.05) is 38.7 Å². The van der Waals surface area contributed by atoms with Crippen molar-refractivity contribution in [1.82, 2.24) is 20.4 Å². The second-order valence-corrected chi connectivity index (χ2v) is 6.61. The maximum atomic E-state index is 5.67. The number of aromatic nitrogens is 2. The van der Waals surface area contributed by atoms with Gasteiger partial charge in [-0.25, -0.2) is 9.67 Å². The fourth-order valence-electron chi connectivity index (χ4n) is 2.65. The van der Waals surface area contributed by atoms with Crippen molar-refractivity contribution in [2.24, 2.45) is 10.9 Å². The van der Waals surface area contributed by atoms with Gasteiger partial charge < -0.3 is 15.4 Å². The molecule has 1 aliphatic rings. The maximum Gasteiger partial charge on any atom is 0.191 e. The fourth-order valence-corrected chi connectivity index (χ4v) is 2.65. The smallest absolute Gasteiger partial charge is 0.191 e. The van der Waals surface area contributed by atoms with Crippen molar-refractivity contribution in [2.45, 2.75) is 32.7 Å². The number of nitrogens with one attached hydrogen (secondary N) is 2. The molecule has 3 rings (SSSR count). The van der Waals surface area contributed by atoms with Crippen molar-refractivity contribution >= 4 is 5.96 Å². The molecule has 0 unspecified atom stereocenters. The van der Waals surface area contributed by atoms with Gasteiger partial charge in [-0.1, -0.05) is 12.1 Å². The maximum absolute atomic E-state index is 5.67. The van der Waals surface area contributed by atoms with E-state index in [1.165, 1.54) is 12.8 Å². The summed E-state index contributed by atoms with van der Waals surface area (Å²) in [5.41, 5.74) is 2.21. The summed E-state index contributed by atoms with van der Waals surface area (Å²) in [6, 6.07) is 10.2. The van der Waals surface area contributed by atoms with Crippen molar-refractivity contribution in [1.29, 1.82) is 0 Å². The average molecular weight is 355 g/mol. The number of hydrogen-bond acceptors (Lipinski definition) is 3. The molecule has 1 aromatic heterocycles. The lowest BCUT2D eigenvalue weighted by molar-refractivity contribution is 0.123. The zero-order valence-corrected chi connectivity index (χ0v) is 15.5. The van der Waals surface area contributed by atoms with E-state index in [2.05, 4.69) is 39.8 Å². The minimum absolute atomic E-state index is 0.628. The molecule has 1 saturated carbocycles. The second-order valence-electron chi connectivity index (χ2n) is 6.61. The van der Waals surface area contributed by atoms with E-state index in [0.29, 0.717) is 6.54 Å². The Morgan fingerprint density at radius 1 is 1.31 bits per heavy atom. The van der Waals surface area contributed by atoms with Crippen LogP contribution in [0.15, 0.2) is 47.7 Å². The van der Waals surface area contributed by atoms with E-state index < -0.39 is 0 Å². The average Bonchev–Trinajstić information content (AvgIpc) is 3.32. The van der Waals surface area contributed by atoms with E-state index in [4.69, 9.17) is 4.74 Å². The van der Waals surface area contributed by atoms with Crippen LogP contribution < -0.4 is 10.6 Å². The molecule has 26 heavy (non-hydrogen) atoms. The molecule has 2 aromatic rings. The van der Waals surface area contributed by atoms with Gasteiger partial charge in [0.1, 0.15) is 0 Å². The first-order valence-electron chi connectivity index (χ1n) is 9.54. The molecule has 1 heterocycles. The Hall–Kier alpha value is -2.34. The van der Waals surface area contributed by atoms with Crippen LogP contribution in [0.5, 0.6) is 0 Å². The number of aliphatic imine (C=N–C) groups is 1. The monoisotopic (exact) mass is 355 g/mol. The molecule has 140 valence electrons. The SMILES string of the molecule is CCNC(=NCc1cccc(-n2cccn2)c1)NCCCOCC1CC1. The van der Waals surface area contributed by atoms with Gasteiger partial charge in [0.2, 0.25) is 0 Å². The summed E-state index contributed by atoms with van der Waals surface area (Å²) in [7, 11) is 0. The van der Waals surface area contributed by atoms with Gasteiger partial charge in [-0.15, -0.1) is 0 Å². The Labute approximate surface area is 155 Å². The number of guanidine groups is 1. The zero-order chi connectivity index (χ0) is 18.0. The Bertz CT molecular complexity index is 679. The van der Waals surface area contributed by atoms with Gasteiger partial charge in [-0.2, -0.15) is 5.10 Å². The Kier molecular flexibility index (Phi) is 7.07. The lowest BCUT2D eigenvalue weighted by atomic mass is 10.2. The van der Waals surface area contributed by atoms with Crippen molar-refractivity contribution in [3.63, 3.8) is 0 Å². The molecule has 1 aliphatic carbocycles. The molecule has 1 aromatic carbocycles. The first-order valence-corrected chi connectivity index (χ1v) is 9.54. The van der Waals surface area contributed by atoms with E-state index in [1.807, 2.05) is 29.1 Å². The first kappa shape index (κ1) is 18.5. The number of hydrogen-bond donors (Lipinski definition) is 2. The lowest BCUT2D eigenvalue weighted by Gasteiger charge is -2.11. The predicted molar refractivity (Wildman–Crippen MR) is 105 cm³/mol. The summed E-state index contributed by atoms with van der Waals surface area (Å²) in [5.74, 6) is 1.68. The van der Waals surface area contributed by atoms with Gasteiger partial charge in [0.25, 0.3) is 0 Å². The van der Waals surface area contributed by atoms with Crippen LogP contribution >= 0.6 is 0 Å². The minimum atomic E-state index is 0.628. The van der Waals surface area contributed by atoms with Gasteiger partial charge in [0.15, 0.2) is 5.96 Å². The van der Waals surface area contributed by atoms with E-state index in [9.17, 15) is 0 Å². The summed E-state index contributed by atoms with van der Waals surface area (Å²) in [6.07, 6.45) is 7.41. The molecule has 6 heteroatoms. The standard InChI is InChI=1S/C20H29N5O/c1-2-21-20(22-10-5-13-26-16-17-8-9-17)23-15-18-6-3-7-19(14-18)25-12-4-11-24-25/h3-4,6-7,11-12,14,17H,2,5,8-10,13,15-16H2,1H3,(H2,21,22,23). The molecular formula is C20H29N5O. The van der Waals surface area contributed by atoms with Crippen LogP contribution in [0.2, 0.25) is 0 Å². The molecule has 6 nitrogen and oxygen atoms in total. The molecule has 0 aliphatic heterocycles. The highest BCUT2D eigenvalue weighted by Crippen LogP contribution is 2.28. The van der Waals surface area contributed by atoms with Crippen molar-refractivity contribution in [3.05, 3.63) is 48.3 Å². The van der Waals surface area contributed by atoms with E-state index >= 15 is 0 Å². The molecule has 0 bridgehead atoms. The molecule has 0 atom stereocenters. The number of ether oxygens (including phenoxy) is 1. The Balaban J connectivity index is 1.46. The van der Waals surface area contributed by atoms with Crippen molar-refractivity contribution < 1.29 is 4.74 Å². The zero-order valence-electron chi connectivity index (χ0n) is 15.5. The van der Waals surface area contributed by atoms with Gasteiger partial charge in [-0.3, -0.25) is 0 Å². The highest BCUT2D eigenvalue weighted by Gasteiger charge is 2.20. The van der Waals surface area contributed by atoms with Crippen molar-refractivity contribution in [2.75, 3.05) is 26.3 Å². The quantitative estimate of drug-likeness (QED) is 0.391. The third-order valence-electron chi connectivity index (χ3n) is 4.25. The number of nitrogens with zero attached hydrogens (tertiary/aromatic N) is 3. The molecule has 0 radical (unpaired) electrons. The summed E-state index contributed by atoms with van der Waals surface area (Å²) >= 11 is 0.